The number of thioether (sulfide) groups is 1. The van der Waals surface area contributed by atoms with Gasteiger partial charge in [-0.05, 0) is 0 Å². The number of aliphatic hydroxyl groups is 4. The van der Waals surface area contributed by atoms with Crippen LogP contribution in [0.2, 0.25) is 0 Å². The van der Waals surface area contributed by atoms with Crippen molar-refractivity contribution in [1.29, 1.82) is 0 Å². The molecule has 15 heavy (non-hydrogen) atoms. The summed E-state index contributed by atoms with van der Waals surface area (Å²) >= 11 is 1.26. The molecule has 1 fully saturated rings. The van der Waals surface area contributed by atoms with Crippen molar-refractivity contribution < 1.29 is 25.2 Å². The van der Waals surface area contributed by atoms with E-state index in [0.717, 1.165) is 0 Å². The van der Waals surface area contributed by atoms with Crippen molar-refractivity contribution in [2.75, 3.05) is 12.4 Å². The molecule has 1 saturated heterocycles. The van der Waals surface area contributed by atoms with Crippen LogP contribution in [0, 0.1) is 0 Å². The van der Waals surface area contributed by atoms with E-state index in [1.807, 2.05) is 0 Å². The predicted octanol–water partition coefficient (Wildman–Crippen LogP) is -1.29. The molecule has 0 aromatic carbocycles. The van der Waals surface area contributed by atoms with Crippen molar-refractivity contribution in [1.82, 2.24) is 0 Å². The van der Waals surface area contributed by atoms with Crippen molar-refractivity contribution in [3.63, 3.8) is 0 Å². The molecule has 1 aliphatic rings. The molecule has 0 bridgehead atoms. The molecule has 5 nitrogen and oxygen atoms in total. The summed E-state index contributed by atoms with van der Waals surface area (Å²) in [6.07, 6.45) is -2.92. The highest BCUT2D eigenvalue weighted by Gasteiger charge is 2.43. The van der Waals surface area contributed by atoms with Gasteiger partial charge in [0.2, 0.25) is 0 Å². The molecule has 0 amide bonds. The summed E-state index contributed by atoms with van der Waals surface area (Å²) in [5.74, 6) is 0.558. The summed E-state index contributed by atoms with van der Waals surface area (Å²) in [5, 5.41) is 37.4. The highest BCUT2D eigenvalue weighted by Crippen LogP contribution is 2.28. The minimum absolute atomic E-state index is 0.393. The zero-order chi connectivity index (χ0) is 11.4. The van der Waals surface area contributed by atoms with Crippen LogP contribution in [0.15, 0.2) is 12.7 Å². The van der Waals surface area contributed by atoms with Gasteiger partial charge in [0, 0.05) is 5.75 Å². The van der Waals surface area contributed by atoms with E-state index in [2.05, 4.69) is 6.58 Å². The zero-order valence-corrected chi connectivity index (χ0v) is 9.01. The predicted molar refractivity (Wildman–Crippen MR) is 56.4 cm³/mol. The Morgan fingerprint density at radius 1 is 1.20 bits per heavy atom. The Morgan fingerprint density at radius 3 is 2.40 bits per heavy atom. The van der Waals surface area contributed by atoms with Crippen LogP contribution in [0.4, 0.5) is 0 Å². The third-order valence-corrected chi connectivity index (χ3v) is 3.37. The van der Waals surface area contributed by atoms with E-state index in [-0.39, 0.29) is 0 Å². The first-order chi connectivity index (χ1) is 7.11. The zero-order valence-electron chi connectivity index (χ0n) is 8.19. The molecular weight excluding hydrogens is 220 g/mol. The molecule has 4 N–H and O–H groups in total. The first kappa shape index (κ1) is 13.0. The van der Waals surface area contributed by atoms with Crippen LogP contribution in [0.25, 0.3) is 0 Å². The van der Waals surface area contributed by atoms with E-state index in [4.69, 9.17) is 9.84 Å². The van der Waals surface area contributed by atoms with Gasteiger partial charge in [0.05, 0.1) is 6.61 Å². The molecule has 0 aliphatic carbocycles. The van der Waals surface area contributed by atoms with Gasteiger partial charge in [-0.25, -0.2) is 0 Å². The van der Waals surface area contributed by atoms with Gasteiger partial charge in [0.15, 0.2) is 0 Å². The second-order valence-corrected chi connectivity index (χ2v) is 4.45. The van der Waals surface area contributed by atoms with E-state index in [0.29, 0.717) is 5.75 Å². The largest absolute Gasteiger partial charge is 0.394 e. The molecule has 1 unspecified atom stereocenters. The molecule has 0 saturated carbocycles. The molecule has 88 valence electrons. The second kappa shape index (κ2) is 5.83. The first-order valence-electron chi connectivity index (χ1n) is 4.64. The number of hydrogen-bond donors (Lipinski definition) is 4. The van der Waals surface area contributed by atoms with E-state index in [9.17, 15) is 15.3 Å². The molecule has 0 radical (unpaired) electrons. The Labute approximate surface area is 92.4 Å². The van der Waals surface area contributed by atoms with E-state index in [1.54, 1.807) is 6.08 Å². The Bertz CT molecular complexity index is 211. The maximum absolute atomic E-state index is 9.58. The molecule has 0 spiro atoms. The maximum atomic E-state index is 9.58. The first-order valence-corrected chi connectivity index (χ1v) is 5.69. The van der Waals surface area contributed by atoms with Crippen LogP contribution in [0.1, 0.15) is 0 Å². The summed E-state index contributed by atoms with van der Waals surface area (Å²) < 4.78 is 5.24. The molecule has 0 aromatic rings. The quantitative estimate of drug-likeness (QED) is 0.454. The average Bonchev–Trinajstić information content (AvgIpc) is 2.25. The topological polar surface area (TPSA) is 90.2 Å². The fraction of sp³-hybridized carbons (Fsp3) is 0.778. The third-order valence-electron chi connectivity index (χ3n) is 2.23. The Kier molecular flexibility index (Phi) is 5.04. The summed E-state index contributed by atoms with van der Waals surface area (Å²) in [4.78, 5) is 0. The van der Waals surface area contributed by atoms with Crippen LogP contribution >= 0.6 is 11.8 Å². The van der Waals surface area contributed by atoms with Crippen molar-refractivity contribution in [3.8, 4) is 0 Å². The fourth-order valence-corrected chi connectivity index (χ4v) is 2.27. The van der Waals surface area contributed by atoms with E-state index in [1.165, 1.54) is 11.8 Å². The van der Waals surface area contributed by atoms with Gasteiger partial charge in [0.1, 0.15) is 29.9 Å². The van der Waals surface area contributed by atoms with Gasteiger partial charge in [-0.15, -0.1) is 18.3 Å². The molecule has 1 aliphatic heterocycles. The SMILES string of the molecule is C=CCSC1O[C@H](CO)[C@H](O)[C@H](O)[C@H]1O. The van der Waals surface area contributed by atoms with Crippen LogP contribution in [-0.2, 0) is 4.74 Å². The lowest BCUT2D eigenvalue weighted by atomic mass is 10.0. The molecule has 1 heterocycles. The summed E-state index contributed by atoms with van der Waals surface area (Å²) in [6.45, 7) is 3.13. The van der Waals surface area contributed by atoms with Gasteiger partial charge in [-0.2, -0.15) is 0 Å². The van der Waals surface area contributed by atoms with Crippen molar-refractivity contribution >= 4 is 11.8 Å². The van der Waals surface area contributed by atoms with Crippen LogP contribution < -0.4 is 0 Å². The van der Waals surface area contributed by atoms with E-state index < -0.39 is 36.5 Å². The number of rotatable bonds is 4. The van der Waals surface area contributed by atoms with E-state index >= 15 is 0 Å². The number of hydrogen-bond acceptors (Lipinski definition) is 6. The summed E-state index contributed by atoms with van der Waals surface area (Å²) in [5.41, 5.74) is -0.654. The second-order valence-electron chi connectivity index (χ2n) is 3.32. The highest BCUT2D eigenvalue weighted by molar-refractivity contribution is 7.99. The Morgan fingerprint density at radius 2 is 1.87 bits per heavy atom. The fourth-order valence-electron chi connectivity index (χ4n) is 1.37. The maximum Gasteiger partial charge on any atom is 0.132 e. The van der Waals surface area contributed by atoms with Gasteiger partial charge < -0.3 is 25.2 Å². The van der Waals surface area contributed by atoms with Gasteiger partial charge in [-0.1, -0.05) is 6.08 Å². The third kappa shape index (κ3) is 2.93. The van der Waals surface area contributed by atoms with Gasteiger partial charge in [0.25, 0.3) is 0 Å². The summed E-state index contributed by atoms with van der Waals surface area (Å²) in [7, 11) is 0. The van der Waals surface area contributed by atoms with Crippen LogP contribution in [0.3, 0.4) is 0 Å². The van der Waals surface area contributed by atoms with Crippen LogP contribution in [0.5, 0.6) is 0 Å². The average molecular weight is 236 g/mol. The lowest BCUT2D eigenvalue weighted by Gasteiger charge is -2.39. The molecule has 0 aromatic heterocycles. The Hall–Kier alpha value is -0.110. The normalized spacial score (nSPS) is 41.5. The van der Waals surface area contributed by atoms with Crippen molar-refractivity contribution in [3.05, 3.63) is 12.7 Å². The lowest BCUT2D eigenvalue weighted by molar-refractivity contribution is -0.205. The molecular formula is C9H16O5S. The van der Waals surface area contributed by atoms with Gasteiger partial charge in [-0.3, -0.25) is 0 Å². The molecule has 1 rings (SSSR count). The van der Waals surface area contributed by atoms with Gasteiger partial charge >= 0.3 is 0 Å². The Balaban J connectivity index is 2.60. The highest BCUT2D eigenvalue weighted by atomic mass is 32.2. The van der Waals surface area contributed by atoms with Crippen molar-refractivity contribution in [2.45, 2.75) is 29.9 Å². The monoisotopic (exact) mass is 236 g/mol. The number of aliphatic hydroxyl groups excluding tert-OH is 4. The lowest BCUT2D eigenvalue weighted by Crippen LogP contribution is -2.57. The molecule has 5 atom stereocenters. The standard InChI is InChI=1S/C9H16O5S/c1-2-3-15-9-8(13)7(12)6(11)5(4-10)14-9/h2,5-13H,1,3-4H2/t5-,6+,7+,8-,9?/m1/s1. The van der Waals surface area contributed by atoms with Crippen LogP contribution in [-0.4, -0.2) is 62.6 Å². The minimum atomic E-state index is -1.29. The number of ether oxygens (including phenoxy) is 1. The van der Waals surface area contributed by atoms with Crippen molar-refractivity contribution in [2.24, 2.45) is 0 Å². The smallest absolute Gasteiger partial charge is 0.132 e. The summed E-state index contributed by atoms with van der Waals surface area (Å²) in [6, 6.07) is 0. The minimum Gasteiger partial charge on any atom is -0.394 e. The molecule has 6 heteroatoms.